The number of benzene rings is 3. The van der Waals surface area contributed by atoms with Gasteiger partial charge in [-0.1, -0.05) is 24.3 Å². The number of nitrogens with zero attached hydrogens (tertiary/aromatic N) is 1. The normalized spacial score (nSPS) is 10.6. The number of halogens is 3. The van der Waals surface area contributed by atoms with E-state index in [1.807, 2.05) is 0 Å². The van der Waals surface area contributed by atoms with Crippen molar-refractivity contribution in [3.8, 4) is 16.9 Å². The molecule has 0 fully saturated rings. The van der Waals surface area contributed by atoms with Crippen molar-refractivity contribution in [3.63, 3.8) is 0 Å². The number of ether oxygens (including phenoxy) is 1. The van der Waals surface area contributed by atoms with Crippen LogP contribution in [0.2, 0.25) is 0 Å². The van der Waals surface area contributed by atoms with E-state index in [9.17, 15) is 23.3 Å². The second-order valence-corrected chi connectivity index (χ2v) is 5.49. The summed E-state index contributed by atoms with van der Waals surface area (Å²) in [6.45, 7) is 0.112. The van der Waals surface area contributed by atoms with Crippen molar-refractivity contribution in [2.75, 3.05) is 0 Å². The molecule has 0 aliphatic carbocycles. The van der Waals surface area contributed by atoms with E-state index in [1.54, 1.807) is 24.3 Å². The zero-order valence-corrected chi connectivity index (χ0v) is 13.3. The second-order valence-electron chi connectivity index (χ2n) is 5.49. The zero-order valence-electron chi connectivity index (χ0n) is 13.3. The second kappa shape index (κ2) is 7.26. The lowest BCUT2D eigenvalue weighted by Crippen LogP contribution is -1.97. The summed E-state index contributed by atoms with van der Waals surface area (Å²) >= 11 is 0. The van der Waals surface area contributed by atoms with Gasteiger partial charge in [-0.2, -0.15) is 0 Å². The number of hydrogen-bond donors (Lipinski definition) is 0. The molecule has 3 aromatic rings. The predicted octanol–water partition coefficient (Wildman–Crippen LogP) is 5.26. The Morgan fingerprint density at radius 2 is 1.58 bits per heavy atom. The molecule has 0 heterocycles. The van der Waals surface area contributed by atoms with Gasteiger partial charge in [-0.25, -0.2) is 13.2 Å². The maximum atomic E-state index is 13.8. The van der Waals surface area contributed by atoms with Crippen molar-refractivity contribution < 1.29 is 22.8 Å². The average molecular weight is 359 g/mol. The first kappa shape index (κ1) is 17.5. The average Bonchev–Trinajstić information content (AvgIpc) is 2.64. The summed E-state index contributed by atoms with van der Waals surface area (Å²) in [4.78, 5) is 10.3. The lowest BCUT2D eigenvalue weighted by atomic mass is 10.0. The maximum absolute atomic E-state index is 13.8. The summed E-state index contributed by atoms with van der Waals surface area (Å²) in [7, 11) is 0. The van der Waals surface area contributed by atoms with Crippen LogP contribution in [0, 0.1) is 27.6 Å². The number of hydrogen-bond acceptors (Lipinski definition) is 3. The van der Waals surface area contributed by atoms with E-state index in [0.29, 0.717) is 22.9 Å². The molecule has 0 unspecified atom stereocenters. The Morgan fingerprint density at radius 3 is 2.27 bits per heavy atom. The summed E-state index contributed by atoms with van der Waals surface area (Å²) in [6.07, 6.45) is 0. The molecule has 0 bridgehead atoms. The molecule has 132 valence electrons. The van der Waals surface area contributed by atoms with Crippen LogP contribution in [0.4, 0.5) is 18.9 Å². The molecule has 26 heavy (non-hydrogen) atoms. The summed E-state index contributed by atoms with van der Waals surface area (Å²) in [5, 5.41) is 10.8. The molecule has 0 saturated heterocycles. The van der Waals surface area contributed by atoms with Crippen LogP contribution in [0.25, 0.3) is 11.1 Å². The Balaban J connectivity index is 1.73. The van der Waals surface area contributed by atoms with Crippen LogP contribution in [0.3, 0.4) is 0 Å². The minimum Gasteiger partial charge on any atom is -0.489 e. The van der Waals surface area contributed by atoms with Crippen LogP contribution in [0.15, 0.2) is 60.7 Å². The number of nitro groups is 1. The van der Waals surface area contributed by atoms with Crippen LogP contribution in [0.5, 0.6) is 5.75 Å². The van der Waals surface area contributed by atoms with Crippen molar-refractivity contribution in [2.45, 2.75) is 6.61 Å². The third-order valence-corrected chi connectivity index (χ3v) is 3.70. The van der Waals surface area contributed by atoms with Crippen LogP contribution < -0.4 is 4.74 Å². The van der Waals surface area contributed by atoms with Crippen molar-refractivity contribution in [1.82, 2.24) is 0 Å². The first-order valence-electron chi connectivity index (χ1n) is 7.55. The van der Waals surface area contributed by atoms with Gasteiger partial charge in [0.1, 0.15) is 18.2 Å². The summed E-state index contributed by atoms with van der Waals surface area (Å²) in [5.41, 5.74) is 0.892. The quantitative estimate of drug-likeness (QED) is 0.355. The third-order valence-electron chi connectivity index (χ3n) is 3.70. The van der Waals surface area contributed by atoms with Gasteiger partial charge in [-0.3, -0.25) is 10.1 Å². The molecule has 0 N–H and O–H groups in total. The third kappa shape index (κ3) is 3.83. The monoisotopic (exact) mass is 359 g/mol. The van der Waals surface area contributed by atoms with Gasteiger partial charge in [0.15, 0.2) is 11.6 Å². The first-order valence-corrected chi connectivity index (χ1v) is 7.55. The summed E-state index contributed by atoms with van der Waals surface area (Å²) in [6, 6.07) is 13.5. The molecule has 0 radical (unpaired) electrons. The largest absolute Gasteiger partial charge is 0.489 e. The fraction of sp³-hybridized carbons (Fsp3) is 0.0526. The van der Waals surface area contributed by atoms with Gasteiger partial charge in [0, 0.05) is 23.8 Å². The van der Waals surface area contributed by atoms with Crippen LogP contribution in [-0.4, -0.2) is 4.92 Å². The van der Waals surface area contributed by atoms with Gasteiger partial charge in [0.25, 0.3) is 5.69 Å². The number of nitro benzene ring substituents is 1. The van der Waals surface area contributed by atoms with Gasteiger partial charge in [0.05, 0.1) is 4.92 Å². The Morgan fingerprint density at radius 1 is 0.885 bits per heavy atom. The van der Waals surface area contributed by atoms with Crippen LogP contribution in [-0.2, 0) is 6.61 Å². The summed E-state index contributed by atoms with van der Waals surface area (Å²) < 4.78 is 45.6. The standard InChI is InChI=1S/C19H12F3NO3/c20-17-10-19(22)18(21)9-16(17)13-4-6-15(7-5-13)26-11-12-2-1-3-14(8-12)23(24)25/h1-10H,11H2. The molecule has 0 aliphatic heterocycles. The van der Waals surface area contributed by atoms with E-state index in [0.717, 1.165) is 6.07 Å². The molecular weight excluding hydrogens is 347 g/mol. The van der Waals surface area contributed by atoms with Crippen LogP contribution in [0.1, 0.15) is 5.56 Å². The highest BCUT2D eigenvalue weighted by Crippen LogP contribution is 2.27. The van der Waals surface area contributed by atoms with Gasteiger partial charge in [0.2, 0.25) is 0 Å². The fourth-order valence-electron chi connectivity index (χ4n) is 2.40. The van der Waals surface area contributed by atoms with Crippen LogP contribution >= 0.6 is 0 Å². The molecule has 0 aromatic heterocycles. The zero-order chi connectivity index (χ0) is 18.7. The minimum atomic E-state index is -1.25. The molecular formula is C19H12F3NO3. The summed E-state index contributed by atoms with van der Waals surface area (Å²) in [5.74, 6) is -2.80. The highest BCUT2D eigenvalue weighted by molar-refractivity contribution is 5.65. The molecule has 0 amide bonds. The molecule has 3 aromatic carbocycles. The van der Waals surface area contributed by atoms with Crippen molar-refractivity contribution in [2.24, 2.45) is 0 Å². The SMILES string of the molecule is O=[N+]([O-])c1cccc(COc2ccc(-c3cc(F)c(F)cc3F)cc2)c1. The molecule has 0 saturated carbocycles. The molecule has 0 atom stereocenters. The fourth-order valence-corrected chi connectivity index (χ4v) is 2.40. The molecule has 0 spiro atoms. The van der Waals surface area contributed by atoms with E-state index in [2.05, 4.69) is 0 Å². The topological polar surface area (TPSA) is 52.4 Å². The van der Waals surface area contributed by atoms with Gasteiger partial charge in [-0.15, -0.1) is 0 Å². The Hall–Kier alpha value is -3.35. The Bertz CT molecular complexity index is 959. The lowest BCUT2D eigenvalue weighted by Gasteiger charge is -2.08. The van der Waals surface area contributed by atoms with E-state index < -0.39 is 22.4 Å². The molecule has 4 nitrogen and oxygen atoms in total. The van der Waals surface area contributed by atoms with E-state index >= 15 is 0 Å². The maximum Gasteiger partial charge on any atom is 0.269 e. The van der Waals surface area contributed by atoms with E-state index in [1.165, 1.54) is 24.3 Å². The highest BCUT2D eigenvalue weighted by Gasteiger charge is 2.12. The van der Waals surface area contributed by atoms with Gasteiger partial charge < -0.3 is 4.74 Å². The van der Waals surface area contributed by atoms with Crippen molar-refractivity contribution >= 4 is 5.69 Å². The Labute approximate surface area is 146 Å². The van der Waals surface area contributed by atoms with E-state index in [-0.39, 0.29) is 17.9 Å². The number of non-ortho nitro benzene ring substituents is 1. The Kier molecular flexibility index (Phi) is 4.88. The van der Waals surface area contributed by atoms with Crippen molar-refractivity contribution in [3.05, 3.63) is 93.8 Å². The molecule has 3 rings (SSSR count). The van der Waals surface area contributed by atoms with Gasteiger partial charge in [-0.05, 0) is 29.3 Å². The highest BCUT2D eigenvalue weighted by atomic mass is 19.2. The predicted molar refractivity (Wildman–Crippen MR) is 89.2 cm³/mol. The first-order chi connectivity index (χ1) is 12.4. The number of rotatable bonds is 5. The minimum absolute atomic E-state index is 0.0322. The lowest BCUT2D eigenvalue weighted by molar-refractivity contribution is -0.384. The smallest absolute Gasteiger partial charge is 0.269 e. The molecule has 7 heteroatoms. The van der Waals surface area contributed by atoms with E-state index in [4.69, 9.17) is 4.74 Å². The molecule has 0 aliphatic rings. The van der Waals surface area contributed by atoms with Crippen molar-refractivity contribution in [1.29, 1.82) is 0 Å². The van der Waals surface area contributed by atoms with Gasteiger partial charge >= 0.3 is 0 Å².